The number of hydrogen-bond acceptors (Lipinski definition) is 8. The molecule has 1 fully saturated rings. The number of aliphatic hydroxyl groups excluding tert-OH is 4. The first kappa shape index (κ1) is 14.4. The van der Waals surface area contributed by atoms with Gasteiger partial charge in [-0.3, -0.25) is 0 Å². The first-order chi connectivity index (χ1) is 8.01. The van der Waals surface area contributed by atoms with E-state index < -0.39 is 43.4 Å². The Bertz CT molecular complexity index is 249. The molecule has 0 spiro atoms. The zero-order valence-electron chi connectivity index (χ0n) is 9.34. The molecule has 1 aliphatic heterocycles. The first-order valence-electron chi connectivity index (χ1n) is 5.25. The summed E-state index contributed by atoms with van der Waals surface area (Å²) in [5, 5.41) is 40.1. The predicted molar refractivity (Wildman–Crippen MR) is 55.0 cm³/mol. The van der Waals surface area contributed by atoms with Gasteiger partial charge in [0.1, 0.15) is 30.5 Å². The molecule has 1 heterocycles. The number of rotatable bonds is 5. The molecular formula is C9H17NO7. The van der Waals surface area contributed by atoms with E-state index in [1.165, 1.54) is 6.92 Å². The monoisotopic (exact) mass is 251 g/mol. The van der Waals surface area contributed by atoms with Crippen LogP contribution in [0.3, 0.4) is 0 Å². The summed E-state index contributed by atoms with van der Waals surface area (Å²) in [7, 11) is 0. The third kappa shape index (κ3) is 3.41. The zero-order chi connectivity index (χ0) is 13.0. The predicted octanol–water partition coefficient (Wildman–Crippen LogP) is -2.04. The molecule has 1 saturated heterocycles. The van der Waals surface area contributed by atoms with Gasteiger partial charge in [-0.1, -0.05) is 5.18 Å². The van der Waals surface area contributed by atoms with Gasteiger partial charge in [0.05, 0.1) is 13.2 Å². The van der Waals surface area contributed by atoms with E-state index in [9.17, 15) is 20.2 Å². The third-order valence-electron chi connectivity index (χ3n) is 2.53. The van der Waals surface area contributed by atoms with Gasteiger partial charge in [-0.2, -0.15) is 4.91 Å². The van der Waals surface area contributed by atoms with Gasteiger partial charge in [-0.05, 0) is 6.92 Å². The van der Waals surface area contributed by atoms with Crippen molar-refractivity contribution in [2.75, 3.05) is 13.2 Å². The Hall–Kier alpha value is -0.640. The molecule has 17 heavy (non-hydrogen) atoms. The van der Waals surface area contributed by atoms with E-state index in [-0.39, 0.29) is 6.61 Å². The molecule has 0 aromatic heterocycles. The fourth-order valence-electron chi connectivity index (χ4n) is 1.47. The van der Waals surface area contributed by atoms with Crippen LogP contribution in [0, 0.1) is 4.91 Å². The quantitative estimate of drug-likeness (QED) is 0.414. The normalized spacial score (nSPS) is 39.9. The van der Waals surface area contributed by atoms with E-state index in [1.54, 1.807) is 0 Å². The van der Waals surface area contributed by atoms with Crippen LogP contribution >= 0.6 is 0 Å². The minimum atomic E-state index is -1.48. The smallest absolute Gasteiger partial charge is 0.186 e. The van der Waals surface area contributed by atoms with E-state index in [0.717, 1.165) is 0 Å². The zero-order valence-corrected chi connectivity index (χ0v) is 9.34. The largest absolute Gasteiger partial charge is 0.394 e. The maximum absolute atomic E-state index is 10.1. The van der Waals surface area contributed by atoms with Crippen molar-refractivity contribution < 1.29 is 29.9 Å². The second kappa shape index (κ2) is 6.34. The highest BCUT2D eigenvalue weighted by Gasteiger charge is 2.44. The maximum atomic E-state index is 10.1. The number of nitroso groups, excluding NO2 is 1. The van der Waals surface area contributed by atoms with E-state index in [1.807, 2.05) is 0 Å². The van der Waals surface area contributed by atoms with Crippen LogP contribution in [0.25, 0.3) is 0 Å². The van der Waals surface area contributed by atoms with Crippen molar-refractivity contribution in [3.05, 3.63) is 4.91 Å². The van der Waals surface area contributed by atoms with Crippen LogP contribution in [-0.2, 0) is 9.47 Å². The minimum absolute atomic E-state index is 0.0911. The van der Waals surface area contributed by atoms with Gasteiger partial charge in [0.15, 0.2) is 6.29 Å². The van der Waals surface area contributed by atoms with Gasteiger partial charge >= 0.3 is 0 Å². The first-order valence-corrected chi connectivity index (χ1v) is 5.25. The Kier molecular flexibility index (Phi) is 5.37. The van der Waals surface area contributed by atoms with E-state index >= 15 is 0 Å². The SMILES string of the molecule is CC(CO[C@@H]1O[C@H](CO)[C@@H](O)[C@H](O)[C@H]1O)N=O. The van der Waals surface area contributed by atoms with Crippen molar-refractivity contribution in [2.24, 2.45) is 5.18 Å². The maximum Gasteiger partial charge on any atom is 0.186 e. The van der Waals surface area contributed by atoms with Crippen molar-refractivity contribution >= 4 is 0 Å². The third-order valence-corrected chi connectivity index (χ3v) is 2.53. The number of hydrogen-bond donors (Lipinski definition) is 4. The summed E-state index contributed by atoms with van der Waals surface area (Å²) in [5.41, 5.74) is 0. The van der Waals surface area contributed by atoms with Gasteiger partial charge < -0.3 is 29.9 Å². The lowest BCUT2D eigenvalue weighted by molar-refractivity contribution is -0.301. The minimum Gasteiger partial charge on any atom is -0.394 e. The molecule has 4 N–H and O–H groups in total. The molecule has 0 saturated carbocycles. The second-order valence-electron chi connectivity index (χ2n) is 3.99. The van der Waals surface area contributed by atoms with E-state index in [0.29, 0.717) is 0 Å². The van der Waals surface area contributed by atoms with E-state index in [4.69, 9.17) is 14.6 Å². The fourth-order valence-corrected chi connectivity index (χ4v) is 1.47. The fraction of sp³-hybridized carbons (Fsp3) is 1.00. The molecule has 6 atom stereocenters. The van der Waals surface area contributed by atoms with Crippen LogP contribution in [0.4, 0.5) is 0 Å². The van der Waals surface area contributed by atoms with Crippen molar-refractivity contribution in [1.82, 2.24) is 0 Å². The standard InChI is InChI=1S/C9H17NO7/c1-4(10-15)3-16-9-8(14)7(13)6(12)5(2-11)17-9/h4-9,11-14H,2-3H2,1H3/t4?,5-,6-,7+,8-,9-/m1/s1. The van der Waals surface area contributed by atoms with Crippen LogP contribution < -0.4 is 0 Å². The Morgan fingerprint density at radius 1 is 1.29 bits per heavy atom. The molecule has 1 rings (SSSR count). The number of ether oxygens (including phenoxy) is 2. The molecule has 0 radical (unpaired) electrons. The molecule has 0 bridgehead atoms. The van der Waals surface area contributed by atoms with Crippen LogP contribution in [0.5, 0.6) is 0 Å². The molecule has 1 unspecified atom stereocenters. The summed E-state index contributed by atoms with van der Waals surface area (Å²) in [6, 6.07) is -0.623. The highest BCUT2D eigenvalue weighted by Crippen LogP contribution is 2.22. The summed E-state index contributed by atoms with van der Waals surface area (Å²) in [6.45, 7) is 0.898. The number of aliphatic hydroxyl groups is 4. The van der Waals surface area contributed by atoms with Gasteiger partial charge in [0.25, 0.3) is 0 Å². The molecule has 0 aliphatic carbocycles. The van der Waals surface area contributed by atoms with Crippen molar-refractivity contribution in [1.29, 1.82) is 0 Å². The Morgan fingerprint density at radius 2 is 1.94 bits per heavy atom. The van der Waals surface area contributed by atoms with Gasteiger partial charge in [0.2, 0.25) is 0 Å². The van der Waals surface area contributed by atoms with Crippen LogP contribution in [0.1, 0.15) is 6.92 Å². The summed E-state index contributed by atoms with van der Waals surface area (Å²) in [4.78, 5) is 10.1. The average molecular weight is 251 g/mol. The molecule has 0 aromatic carbocycles. The molecule has 1 aliphatic rings. The lowest BCUT2D eigenvalue weighted by Crippen LogP contribution is -2.59. The molecule has 100 valence electrons. The Morgan fingerprint density at radius 3 is 2.47 bits per heavy atom. The Balaban J connectivity index is 2.56. The second-order valence-corrected chi connectivity index (χ2v) is 3.99. The lowest BCUT2D eigenvalue weighted by Gasteiger charge is -2.39. The van der Waals surface area contributed by atoms with E-state index in [2.05, 4.69) is 5.18 Å². The van der Waals surface area contributed by atoms with Crippen LogP contribution in [0.2, 0.25) is 0 Å². The molecule has 8 heteroatoms. The Labute approximate surface area is 97.8 Å². The van der Waals surface area contributed by atoms with Crippen LogP contribution in [-0.4, -0.2) is 70.4 Å². The van der Waals surface area contributed by atoms with Gasteiger partial charge in [-0.25, -0.2) is 0 Å². The highest BCUT2D eigenvalue weighted by molar-refractivity contribution is 4.88. The number of nitrogens with zero attached hydrogens (tertiary/aromatic N) is 1. The van der Waals surface area contributed by atoms with Gasteiger partial charge in [-0.15, -0.1) is 0 Å². The molecule has 0 aromatic rings. The lowest BCUT2D eigenvalue weighted by atomic mass is 9.99. The molecule has 0 amide bonds. The van der Waals surface area contributed by atoms with Crippen molar-refractivity contribution in [3.8, 4) is 0 Å². The van der Waals surface area contributed by atoms with Crippen molar-refractivity contribution in [2.45, 2.75) is 43.7 Å². The van der Waals surface area contributed by atoms with Crippen molar-refractivity contribution in [3.63, 3.8) is 0 Å². The summed E-state index contributed by atoms with van der Waals surface area (Å²) in [5.74, 6) is 0. The summed E-state index contributed by atoms with van der Waals surface area (Å²) in [6.07, 6.45) is -6.58. The molecule has 8 nitrogen and oxygen atoms in total. The summed E-state index contributed by atoms with van der Waals surface area (Å²) < 4.78 is 10.1. The topological polar surface area (TPSA) is 129 Å². The highest BCUT2D eigenvalue weighted by atomic mass is 16.7. The molecular weight excluding hydrogens is 234 g/mol. The van der Waals surface area contributed by atoms with Crippen LogP contribution in [0.15, 0.2) is 5.18 Å². The summed E-state index contributed by atoms with van der Waals surface area (Å²) >= 11 is 0. The van der Waals surface area contributed by atoms with Gasteiger partial charge in [0, 0.05) is 0 Å². The average Bonchev–Trinajstić information content (AvgIpc) is 2.34.